The normalized spacial score (nSPS) is 25.2. The molecule has 1 saturated carbocycles. The number of rotatable bonds is 4. The fourth-order valence-electron chi connectivity index (χ4n) is 3.19. The summed E-state index contributed by atoms with van der Waals surface area (Å²) in [5.41, 5.74) is 5.86. The van der Waals surface area contributed by atoms with Crippen LogP contribution in [0.1, 0.15) is 45.4 Å². The Balaban J connectivity index is 1.68. The highest BCUT2D eigenvalue weighted by molar-refractivity contribution is 5.78. The van der Waals surface area contributed by atoms with Gasteiger partial charge < -0.3 is 11.1 Å². The van der Waals surface area contributed by atoms with Gasteiger partial charge in [-0.2, -0.15) is 0 Å². The maximum Gasteiger partial charge on any atom is 0.234 e. The van der Waals surface area contributed by atoms with Crippen LogP contribution in [-0.4, -0.2) is 42.5 Å². The Kier molecular flexibility index (Phi) is 5.01. The maximum absolute atomic E-state index is 12.0. The molecule has 0 aromatic heterocycles. The lowest BCUT2D eigenvalue weighted by Crippen LogP contribution is -2.47. The first-order valence-electron chi connectivity index (χ1n) is 7.42. The van der Waals surface area contributed by atoms with Crippen molar-refractivity contribution < 1.29 is 4.79 Å². The standard InChI is InChI=1S/C14H27N3O/c1-11(12-4-2-3-5-12)16-14(18)10-17-8-6-13(15)7-9-17/h11-13H,2-10,15H2,1H3,(H,16,18)/t11-/m0/s1. The molecule has 1 aliphatic heterocycles. The summed E-state index contributed by atoms with van der Waals surface area (Å²) in [6.07, 6.45) is 7.25. The van der Waals surface area contributed by atoms with Crippen LogP contribution < -0.4 is 11.1 Å². The van der Waals surface area contributed by atoms with Crippen molar-refractivity contribution in [2.24, 2.45) is 11.7 Å². The highest BCUT2D eigenvalue weighted by atomic mass is 16.2. The smallest absolute Gasteiger partial charge is 0.234 e. The minimum Gasteiger partial charge on any atom is -0.352 e. The van der Waals surface area contributed by atoms with Crippen molar-refractivity contribution in [3.8, 4) is 0 Å². The zero-order chi connectivity index (χ0) is 13.0. The molecule has 0 aromatic carbocycles. The third-order valence-corrected chi connectivity index (χ3v) is 4.50. The molecular weight excluding hydrogens is 226 g/mol. The van der Waals surface area contributed by atoms with Gasteiger partial charge in [0.25, 0.3) is 0 Å². The van der Waals surface area contributed by atoms with E-state index < -0.39 is 0 Å². The topological polar surface area (TPSA) is 58.4 Å². The SMILES string of the molecule is C[C@H](NC(=O)CN1CCC(N)CC1)C1CCCC1. The molecule has 4 nitrogen and oxygen atoms in total. The van der Waals surface area contributed by atoms with Gasteiger partial charge in [0, 0.05) is 25.2 Å². The fraction of sp³-hybridized carbons (Fsp3) is 0.929. The number of hydrogen-bond acceptors (Lipinski definition) is 3. The van der Waals surface area contributed by atoms with E-state index in [1.165, 1.54) is 25.7 Å². The van der Waals surface area contributed by atoms with E-state index in [4.69, 9.17) is 5.73 Å². The number of carbonyl (C=O) groups excluding carboxylic acids is 1. The Bertz CT molecular complexity index is 268. The Morgan fingerprint density at radius 1 is 1.28 bits per heavy atom. The molecule has 1 saturated heterocycles. The number of likely N-dealkylation sites (tertiary alicyclic amines) is 1. The first-order valence-corrected chi connectivity index (χ1v) is 7.42. The second-order valence-electron chi connectivity index (χ2n) is 6.01. The average molecular weight is 253 g/mol. The Morgan fingerprint density at radius 2 is 1.89 bits per heavy atom. The molecule has 1 heterocycles. The van der Waals surface area contributed by atoms with Crippen LogP contribution in [0.4, 0.5) is 0 Å². The lowest BCUT2D eigenvalue weighted by atomic mass is 10.00. The van der Waals surface area contributed by atoms with Gasteiger partial charge in [0.1, 0.15) is 0 Å². The van der Waals surface area contributed by atoms with Crippen molar-refractivity contribution in [2.45, 2.75) is 57.5 Å². The molecule has 4 heteroatoms. The summed E-state index contributed by atoms with van der Waals surface area (Å²) in [6.45, 7) is 4.63. The van der Waals surface area contributed by atoms with Crippen molar-refractivity contribution in [1.29, 1.82) is 0 Å². The molecule has 0 radical (unpaired) electrons. The number of carbonyl (C=O) groups is 1. The molecule has 104 valence electrons. The van der Waals surface area contributed by atoms with Crippen LogP contribution in [-0.2, 0) is 4.79 Å². The van der Waals surface area contributed by atoms with Crippen LogP contribution in [0.2, 0.25) is 0 Å². The van der Waals surface area contributed by atoms with Gasteiger partial charge in [-0.25, -0.2) is 0 Å². The zero-order valence-corrected chi connectivity index (χ0v) is 11.5. The minimum atomic E-state index is 0.185. The van der Waals surface area contributed by atoms with E-state index in [1.807, 2.05) is 0 Å². The molecule has 18 heavy (non-hydrogen) atoms. The summed E-state index contributed by atoms with van der Waals surface area (Å²) < 4.78 is 0. The van der Waals surface area contributed by atoms with Gasteiger partial charge in [-0.05, 0) is 38.5 Å². The van der Waals surface area contributed by atoms with Crippen LogP contribution in [0.25, 0.3) is 0 Å². The highest BCUT2D eigenvalue weighted by Gasteiger charge is 2.24. The lowest BCUT2D eigenvalue weighted by Gasteiger charge is -2.30. The second-order valence-corrected chi connectivity index (χ2v) is 6.01. The fourth-order valence-corrected chi connectivity index (χ4v) is 3.19. The first kappa shape index (κ1) is 13.8. The highest BCUT2D eigenvalue weighted by Crippen LogP contribution is 2.27. The predicted molar refractivity (Wildman–Crippen MR) is 73.2 cm³/mol. The summed E-state index contributed by atoms with van der Waals surface area (Å²) in [5.74, 6) is 0.883. The Morgan fingerprint density at radius 3 is 2.50 bits per heavy atom. The molecular formula is C14H27N3O. The predicted octanol–water partition coefficient (Wildman–Crippen LogP) is 1.10. The summed E-state index contributed by atoms with van der Waals surface area (Å²) in [7, 11) is 0. The average Bonchev–Trinajstić information content (AvgIpc) is 2.85. The third-order valence-electron chi connectivity index (χ3n) is 4.50. The van der Waals surface area contributed by atoms with E-state index in [0.717, 1.165) is 25.9 Å². The van der Waals surface area contributed by atoms with E-state index in [1.54, 1.807) is 0 Å². The molecule has 0 bridgehead atoms. The number of amides is 1. The summed E-state index contributed by atoms with van der Waals surface area (Å²) in [5, 5.41) is 3.17. The molecule has 0 spiro atoms. The Hall–Kier alpha value is -0.610. The van der Waals surface area contributed by atoms with E-state index in [9.17, 15) is 4.79 Å². The van der Waals surface area contributed by atoms with Crippen molar-refractivity contribution in [3.05, 3.63) is 0 Å². The number of nitrogens with zero attached hydrogens (tertiary/aromatic N) is 1. The summed E-state index contributed by atoms with van der Waals surface area (Å²) in [4.78, 5) is 14.2. The number of nitrogens with two attached hydrogens (primary N) is 1. The van der Waals surface area contributed by atoms with E-state index >= 15 is 0 Å². The lowest BCUT2D eigenvalue weighted by molar-refractivity contribution is -0.123. The summed E-state index contributed by atoms with van der Waals surface area (Å²) in [6, 6.07) is 0.675. The number of piperidine rings is 1. The molecule has 0 aromatic rings. The molecule has 2 fully saturated rings. The van der Waals surface area contributed by atoms with Crippen molar-refractivity contribution >= 4 is 5.91 Å². The van der Waals surface area contributed by atoms with Crippen LogP contribution in [0.15, 0.2) is 0 Å². The monoisotopic (exact) mass is 253 g/mol. The van der Waals surface area contributed by atoms with Gasteiger partial charge in [0.15, 0.2) is 0 Å². The second kappa shape index (κ2) is 6.53. The molecule has 1 aliphatic carbocycles. The maximum atomic E-state index is 12.0. The summed E-state index contributed by atoms with van der Waals surface area (Å²) >= 11 is 0. The van der Waals surface area contributed by atoms with Crippen molar-refractivity contribution in [3.63, 3.8) is 0 Å². The number of nitrogens with one attached hydrogen (secondary N) is 1. The van der Waals surface area contributed by atoms with Crippen molar-refractivity contribution in [2.75, 3.05) is 19.6 Å². The van der Waals surface area contributed by atoms with Crippen LogP contribution >= 0.6 is 0 Å². The minimum absolute atomic E-state index is 0.185. The molecule has 1 amide bonds. The van der Waals surface area contributed by atoms with Crippen LogP contribution in [0.5, 0.6) is 0 Å². The van der Waals surface area contributed by atoms with Gasteiger partial charge in [-0.15, -0.1) is 0 Å². The quantitative estimate of drug-likeness (QED) is 0.789. The van der Waals surface area contributed by atoms with E-state index in [-0.39, 0.29) is 5.91 Å². The third kappa shape index (κ3) is 3.95. The van der Waals surface area contributed by atoms with Gasteiger partial charge in [0.05, 0.1) is 6.54 Å². The van der Waals surface area contributed by atoms with Crippen LogP contribution in [0.3, 0.4) is 0 Å². The van der Waals surface area contributed by atoms with E-state index in [0.29, 0.717) is 24.5 Å². The van der Waals surface area contributed by atoms with Gasteiger partial charge >= 0.3 is 0 Å². The van der Waals surface area contributed by atoms with Crippen LogP contribution in [0, 0.1) is 5.92 Å². The largest absolute Gasteiger partial charge is 0.352 e. The van der Waals surface area contributed by atoms with Gasteiger partial charge in [0.2, 0.25) is 5.91 Å². The molecule has 2 aliphatic rings. The molecule has 0 unspecified atom stereocenters. The van der Waals surface area contributed by atoms with Crippen molar-refractivity contribution in [1.82, 2.24) is 10.2 Å². The molecule has 2 rings (SSSR count). The zero-order valence-electron chi connectivity index (χ0n) is 11.5. The Labute approximate surface area is 110 Å². The molecule has 1 atom stereocenters. The molecule has 3 N–H and O–H groups in total. The van der Waals surface area contributed by atoms with Gasteiger partial charge in [-0.3, -0.25) is 9.69 Å². The number of hydrogen-bond donors (Lipinski definition) is 2. The first-order chi connectivity index (χ1) is 8.65. The van der Waals surface area contributed by atoms with Gasteiger partial charge in [-0.1, -0.05) is 12.8 Å². The van der Waals surface area contributed by atoms with E-state index in [2.05, 4.69) is 17.1 Å².